The van der Waals surface area contributed by atoms with Crippen molar-refractivity contribution in [3.05, 3.63) is 23.8 Å². The average Bonchev–Trinajstić information content (AvgIpc) is 2.43. The molecular formula is C14H20N2O2. The number of hydrogen-bond acceptors (Lipinski definition) is 4. The second-order valence-corrected chi connectivity index (χ2v) is 3.77. The number of benzene rings is 1. The molecule has 4 heteroatoms. The van der Waals surface area contributed by atoms with Crippen LogP contribution in [0, 0.1) is 11.3 Å². The number of nitrogens with zero attached hydrogens (tertiary/aromatic N) is 2. The largest absolute Gasteiger partial charge is 0.497 e. The van der Waals surface area contributed by atoms with Crippen molar-refractivity contribution >= 4 is 5.69 Å². The first-order chi connectivity index (χ1) is 8.76. The Hall–Kier alpha value is -1.73. The molecule has 0 amide bonds. The topological polar surface area (TPSA) is 45.5 Å². The molecule has 0 atom stereocenters. The molecule has 18 heavy (non-hydrogen) atoms. The molecule has 0 heterocycles. The summed E-state index contributed by atoms with van der Waals surface area (Å²) in [6, 6.07) is 7.70. The SMILES string of the molecule is CCOCCN(CC)c1cc(OC)ccc1C#N. The minimum absolute atomic E-state index is 0.659. The van der Waals surface area contributed by atoms with Gasteiger partial charge in [-0.2, -0.15) is 5.26 Å². The molecule has 0 N–H and O–H groups in total. The molecule has 0 unspecified atom stereocenters. The van der Waals surface area contributed by atoms with Gasteiger partial charge in [0, 0.05) is 25.8 Å². The Kier molecular flexibility index (Phi) is 6.03. The Morgan fingerprint density at radius 2 is 2.11 bits per heavy atom. The number of nitriles is 1. The van der Waals surface area contributed by atoms with Gasteiger partial charge >= 0.3 is 0 Å². The van der Waals surface area contributed by atoms with E-state index in [2.05, 4.69) is 17.9 Å². The van der Waals surface area contributed by atoms with E-state index in [0.717, 1.165) is 24.5 Å². The minimum Gasteiger partial charge on any atom is -0.497 e. The average molecular weight is 248 g/mol. The minimum atomic E-state index is 0.659. The molecule has 4 nitrogen and oxygen atoms in total. The lowest BCUT2D eigenvalue weighted by molar-refractivity contribution is 0.154. The van der Waals surface area contributed by atoms with Crippen molar-refractivity contribution in [1.82, 2.24) is 0 Å². The lowest BCUT2D eigenvalue weighted by Gasteiger charge is -2.24. The number of anilines is 1. The van der Waals surface area contributed by atoms with Crippen LogP contribution in [0.1, 0.15) is 19.4 Å². The van der Waals surface area contributed by atoms with Crippen LogP contribution in [-0.4, -0.2) is 33.4 Å². The first-order valence-corrected chi connectivity index (χ1v) is 6.17. The Balaban J connectivity index is 2.92. The fourth-order valence-electron chi connectivity index (χ4n) is 1.76. The fraction of sp³-hybridized carbons (Fsp3) is 0.500. The molecule has 1 aromatic carbocycles. The van der Waals surface area contributed by atoms with Crippen molar-refractivity contribution in [2.24, 2.45) is 0 Å². The summed E-state index contributed by atoms with van der Waals surface area (Å²) in [7, 11) is 1.63. The summed E-state index contributed by atoms with van der Waals surface area (Å²) in [6.45, 7) is 7.00. The Bertz CT molecular complexity index is 413. The van der Waals surface area contributed by atoms with Gasteiger partial charge < -0.3 is 14.4 Å². The highest BCUT2D eigenvalue weighted by Gasteiger charge is 2.11. The summed E-state index contributed by atoms with van der Waals surface area (Å²) in [5.74, 6) is 0.763. The van der Waals surface area contributed by atoms with Gasteiger partial charge in [-0.15, -0.1) is 0 Å². The van der Waals surface area contributed by atoms with Gasteiger partial charge in [0.05, 0.1) is 25.0 Å². The van der Waals surface area contributed by atoms with E-state index in [9.17, 15) is 0 Å². The summed E-state index contributed by atoms with van der Waals surface area (Å²) in [5.41, 5.74) is 1.56. The molecule has 98 valence electrons. The molecule has 1 aromatic rings. The highest BCUT2D eigenvalue weighted by Crippen LogP contribution is 2.25. The van der Waals surface area contributed by atoms with E-state index in [1.807, 2.05) is 13.0 Å². The maximum absolute atomic E-state index is 9.15. The van der Waals surface area contributed by atoms with Crippen molar-refractivity contribution < 1.29 is 9.47 Å². The monoisotopic (exact) mass is 248 g/mol. The Labute approximate surface area is 109 Å². The second kappa shape index (κ2) is 7.57. The van der Waals surface area contributed by atoms with Crippen LogP contribution in [0.5, 0.6) is 5.75 Å². The van der Waals surface area contributed by atoms with E-state index in [4.69, 9.17) is 14.7 Å². The van der Waals surface area contributed by atoms with E-state index in [0.29, 0.717) is 18.8 Å². The van der Waals surface area contributed by atoms with Gasteiger partial charge in [0.2, 0.25) is 0 Å². The Morgan fingerprint density at radius 1 is 1.33 bits per heavy atom. The number of rotatable bonds is 7. The predicted octanol–water partition coefficient (Wildman–Crippen LogP) is 2.43. The van der Waals surface area contributed by atoms with Crippen LogP contribution in [0.15, 0.2) is 18.2 Å². The van der Waals surface area contributed by atoms with Gasteiger partial charge in [0.15, 0.2) is 0 Å². The molecule has 0 aromatic heterocycles. The molecule has 0 aliphatic rings. The first kappa shape index (κ1) is 14.3. The van der Waals surface area contributed by atoms with Crippen molar-refractivity contribution in [3.63, 3.8) is 0 Å². The van der Waals surface area contributed by atoms with Crippen LogP contribution in [0.25, 0.3) is 0 Å². The fourth-order valence-corrected chi connectivity index (χ4v) is 1.76. The normalized spacial score (nSPS) is 9.89. The van der Waals surface area contributed by atoms with Gasteiger partial charge in [-0.05, 0) is 26.0 Å². The smallest absolute Gasteiger partial charge is 0.121 e. The summed E-state index contributed by atoms with van der Waals surface area (Å²) in [6.07, 6.45) is 0. The highest BCUT2D eigenvalue weighted by atomic mass is 16.5. The molecule has 0 saturated heterocycles. The number of hydrogen-bond donors (Lipinski definition) is 0. The summed E-state index contributed by atoms with van der Waals surface area (Å²) in [4.78, 5) is 2.12. The highest BCUT2D eigenvalue weighted by molar-refractivity contribution is 5.62. The third-order valence-corrected chi connectivity index (χ3v) is 2.76. The van der Waals surface area contributed by atoms with Gasteiger partial charge in [-0.3, -0.25) is 0 Å². The van der Waals surface area contributed by atoms with Gasteiger partial charge in [-0.25, -0.2) is 0 Å². The van der Waals surface area contributed by atoms with Crippen molar-refractivity contribution in [1.29, 1.82) is 5.26 Å². The van der Waals surface area contributed by atoms with E-state index in [1.54, 1.807) is 19.2 Å². The molecule has 0 radical (unpaired) electrons. The predicted molar refractivity (Wildman–Crippen MR) is 72.1 cm³/mol. The van der Waals surface area contributed by atoms with E-state index >= 15 is 0 Å². The maximum atomic E-state index is 9.15. The van der Waals surface area contributed by atoms with Crippen LogP contribution < -0.4 is 9.64 Å². The van der Waals surface area contributed by atoms with E-state index in [-0.39, 0.29) is 0 Å². The molecule has 0 fully saturated rings. The molecule has 0 aliphatic heterocycles. The lowest BCUT2D eigenvalue weighted by Crippen LogP contribution is -2.27. The van der Waals surface area contributed by atoms with Gasteiger partial charge in [0.1, 0.15) is 11.8 Å². The van der Waals surface area contributed by atoms with Crippen LogP contribution in [-0.2, 0) is 4.74 Å². The number of methoxy groups -OCH3 is 1. The first-order valence-electron chi connectivity index (χ1n) is 6.17. The number of ether oxygens (including phenoxy) is 2. The zero-order valence-corrected chi connectivity index (χ0v) is 11.3. The number of likely N-dealkylation sites (N-methyl/N-ethyl adjacent to an activating group) is 1. The third-order valence-electron chi connectivity index (χ3n) is 2.76. The summed E-state index contributed by atoms with van der Waals surface area (Å²) in [5, 5.41) is 9.15. The quantitative estimate of drug-likeness (QED) is 0.695. The van der Waals surface area contributed by atoms with Crippen molar-refractivity contribution in [2.45, 2.75) is 13.8 Å². The maximum Gasteiger partial charge on any atom is 0.121 e. The van der Waals surface area contributed by atoms with Crippen LogP contribution in [0.3, 0.4) is 0 Å². The lowest BCUT2D eigenvalue weighted by atomic mass is 10.1. The molecule has 0 spiro atoms. The molecular weight excluding hydrogens is 228 g/mol. The summed E-state index contributed by atoms with van der Waals surface area (Å²) < 4.78 is 10.6. The standard InChI is InChI=1S/C14H20N2O2/c1-4-16(8-9-18-5-2)14-10-13(17-3)7-6-12(14)11-15/h6-7,10H,4-5,8-9H2,1-3H3. The van der Waals surface area contributed by atoms with Crippen LogP contribution in [0.4, 0.5) is 5.69 Å². The summed E-state index contributed by atoms with van der Waals surface area (Å²) >= 11 is 0. The van der Waals surface area contributed by atoms with E-state index < -0.39 is 0 Å². The van der Waals surface area contributed by atoms with Crippen molar-refractivity contribution in [2.75, 3.05) is 38.3 Å². The van der Waals surface area contributed by atoms with Crippen molar-refractivity contribution in [3.8, 4) is 11.8 Å². The van der Waals surface area contributed by atoms with Gasteiger partial charge in [0.25, 0.3) is 0 Å². The molecule has 0 bridgehead atoms. The van der Waals surface area contributed by atoms with Crippen LogP contribution in [0.2, 0.25) is 0 Å². The van der Waals surface area contributed by atoms with Crippen LogP contribution >= 0.6 is 0 Å². The molecule has 0 aliphatic carbocycles. The second-order valence-electron chi connectivity index (χ2n) is 3.77. The molecule has 1 rings (SSSR count). The van der Waals surface area contributed by atoms with Gasteiger partial charge in [-0.1, -0.05) is 0 Å². The third kappa shape index (κ3) is 3.64. The van der Waals surface area contributed by atoms with E-state index in [1.165, 1.54) is 0 Å². The Morgan fingerprint density at radius 3 is 2.67 bits per heavy atom. The molecule has 0 saturated carbocycles. The zero-order valence-electron chi connectivity index (χ0n) is 11.3. The zero-order chi connectivity index (χ0) is 13.4.